The third-order valence-electron chi connectivity index (χ3n) is 2.24. The average Bonchev–Trinajstić information content (AvgIpc) is 2.75. The van der Waals surface area contributed by atoms with E-state index in [1.54, 1.807) is 17.8 Å². The van der Waals surface area contributed by atoms with Gasteiger partial charge in [0.15, 0.2) is 4.34 Å². The Hall–Kier alpha value is -1.40. The maximum Gasteiger partial charge on any atom is 0.257 e. The van der Waals surface area contributed by atoms with Gasteiger partial charge < -0.3 is 0 Å². The molecule has 0 spiro atoms. The molecule has 6 heteroatoms. The molecule has 0 radical (unpaired) electrons. The van der Waals surface area contributed by atoms with E-state index >= 15 is 0 Å². The van der Waals surface area contributed by atoms with Crippen LogP contribution in [0.2, 0.25) is 0 Å². The quantitative estimate of drug-likeness (QED) is 0.691. The zero-order valence-corrected chi connectivity index (χ0v) is 12.6. The van der Waals surface area contributed by atoms with Crippen molar-refractivity contribution in [2.45, 2.75) is 30.4 Å². The van der Waals surface area contributed by atoms with Gasteiger partial charge >= 0.3 is 0 Å². The fourth-order valence-electron chi connectivity index (χ4n) is 1.47. The number of carbonyl (C=O) groups excluding carboxylic acids is 1. The van der Waals surface area contributed by atoms with E-state index in [4.69, 9.17) is 0 Å². The summed E-state index contributed by atoms with van der Waals surface area (Å²) in [6.45, 7) is 6.15. The molecule has 0 atom stereocenters. The topological polar surface area (TPSA) is 54.9 Å². The predicted octanol–water partition coefficient (Wildman–Crippen LogP) is 3.60. The third kappa shape index (κ3) is 4.04. The Balaban J connectivity index is 2.05. The Bertz CT molecular complexity index is 581. The smallest absolute Gasteiger partial charge is 0.257 e. The Labute approximate surface area is 120 Å². The maximum absolute atomic E-state index is 12.0. The van der Waals surface area contributed by atoms with E-state index in [2.05, 4.69) is 29.4 Å². The summed E-state index contributed by atoms with van der Waals surface area (Å²) in [6.07, 6.45) is 0. The SMILES string of the molecule is Cc1cccc(C(=O)Nc2nnc(SC(C)C)s2)c1. The summed E-state index contributed by atoms with van der Waals surface area (Å²) >= 11 is 3.04. The molecule has 0 aliphatic heterocycles. The first kappa shape index (κ1) is 14.0. The van der Waals surface area contributed by atoms with Crippen LogP contribution in [-0.2, 0) is 0 Å². The molecule has 19 heavy (non-hydrogen) atoms. The van der Waals surface area contributed by atoms with Crippen LogP contribution in [0.4, 0.5) is 5.13 Å². The van der Waals surface area contributed by atoms with E-state index in [1.165, 1.54) is 11.3 Å². The lowest BCUT2D eigenvalue weighted by Crippen LogP contribution is -2.11. The van der Waals surface area contributed by atoms with E-state index in [9.17, 15) is 4.79 Å². The van der Waals surface area contributed by atoms with Crippen molar-refractivity contribution in [2.75, 3.05) is 5.32 Å². The number of anilines is 1. The van der Waals surface area contributed by atoms with Crippen molar-refractivity contribution >= 4 is 34.1 Å². The van der Waals surface area contributed by atoms with Crippen molar-refractivity contribution in [2.24, 2.45) is 0 Å². The molecule has 0 unspecified atom stereocenters. The molecule has 0 bridgehead atoms. The summed E-state index contributed by atoms with van der Waals surface area (Å²) in [5.41, 5.74) is 1.69. The molecule has 1 amide bonds. The van der Waals surface area contributed by atoms with E-state index in [-0.39, 0.29) is 5.91 Å². The molecule has 4 nitrogen and oxygen atoms in total. The molecule has 0 aliphatic carbocycles. The van der Waals surface area contributed by atoms with Crippen LogP contribution in [0.1, 0.15) is 29.8 Å². The molecular weight excluding hydrogens is 278 g/mol. The Morgan fingerprint density at radius 1 is 1.37 bits per heavy atom. The van der Waals surface area contributed by atoms with E-state index in [0.717, 1.165) is 9.90 Å². The number of amides is 1. The molecule has 100 valence electrons. The molecular formula is C13H15N3OS2. The lowest BCUT2D eigenvalue weighted by Gasteiger charge is -2.01. The highest BCUT2D eigenvalue weighted by molar-refractivity contribution is 8.01. The molecule has 1 aromatic carbocycles. The third-order valence-corrected chi connectivity index (χ3v) is 4.17. The number of aromatic nitrogens is 2. The lowest BCUT2D eigenvalue weighted by molar-refractivity contribution is 0.102. The van der Waals surface area contributed by atoms with Gasteiger partial charge in [0.25, 0.3) is 5.91 Å². The standard InChI is InChI=1S/C13H15N3OS2/c1-8(2)18-13-16-15-12(19-13)14-11(17)10-6-4-5-9(3)7-10/h4-8H,1-3H3,(H,14,15,17). The van der Waals surface area contributed by atoms with Crippen LogP contribution in [0.3, 0.4) is 0 Å². The molecule has 1 heterocycles. The van der Waals surface area contributed by atoms with Crippen molar-refractivity contribution in [3.8, 4) is 0 Å². The summed E-state index contributed by atoms with van der Waals surface area (Å²) in [7, 11) is 0. The highest BCUT2D eigenvalue weighted by Gasteiger charge is 2.11. The van der Waals surface area contributed by atoms with E-state index < -0.39 is 0 Å². The molecule has 0 saturated carbocycles. The summed E-state index contributed by atoms with van der Waals surface area (Å²) in [6, 6.07) is 7.46. The molecule has 2 rings (SSSR count). The predicted molar refractivity (Wildman–Crippen MR) is 80.0 cm³/mol. The van der Waals surface area contributed by atoms with Gasteiger partial charge in [0.1, 0.15) is 0 Å². The zero-order valence-electron chi connectivity index (χ0n) is 11.0. The van der Waals surface area contributed by atoms with Crippen molar-refractivity contribution in [3.63, 3.8) is 0 Å². The molecule has 1 aromatic heterocycles. The summed E-state index contributed by atoms with van der Waals surface area (Å²) in [4.78, 5) is 12.0. The number of thioether (sulfide) groups is 1. The van der Waals surface area contributed by atoms with Gasteiger partial charge in [-0.3, -0.25) is 10.1 Å². The monoisotopic (exact) mass is 293 g/mol. The van der Waals surface area contributed by atoms with Crippen LogP contribution in [0.25, 0.3) is 0 Å². The average molecular weight is 293 g/mol. The van der Waals surface area contributed by atoms with Crippen LogP contribution >= 0.6 is 23.1 Å². The molecule has 0 saturated heterocycles. The maximum atomic E-state index is 12.0. The van der Waals surface area contributed by atoms with Gasteiger partial charge in [-0.2, -0.15) is 0 Å². The molecule has 0 aliphatic rings. The first-order valence-corrected chi connectivity index (χ1v) is 7.62. The minimum Gasteiger partial charge on any atom is -0.296 e. The first-order chi connectivity index (χ1) is 9.04. The van der Waals surface area contributed by atoms with Gasteiger partial charge in [0.05, 0.1) is 0 Å². The van der Waals surface area contributed by atoms with Crippen molar-refractivity contribution in [3.05, 3.63) is 35.4 Å². The second kappa shape index (κ2) is 6.16. The van der Waals surface area contributed by atoms with Gasteiger partial charge in [-0.25, -0.2) is 0 Å². The number of aryl methyl sites for hydroxylation is 1. The van der Waals surface area contributed by atoms with Crippen molar-refractivity contribution in [1.82, 2.24) is 10.2 Å². The Morgan fingerprint density at radius 2 is 2.16 bits per heavy atom. The molecule has 2 aromatic rings. The first-order valence-electron chi connectivity index (χ1n) is 5.93. The molecule has 1 N–H and O–H groups in total. The summed E-state index contributed by atoms with van der Waals surface area (Å²) in [5.74, 6) is -0.152. The largest absolute Gasteiger partial charge is 0.296 e. The zero-order chi connectivity index (χ0) is 13.8. The van der Waals surface area contributed by atoms with Gasteiger partial charge in [-0.1, -0.05) is 54.6 Å². The number of rotatable bonds is 4. The van der Waals surface area contributed by atoms with Crippen LogP contribution in [0, 0.1) is 6.92 Å². The fraction of sp³-hybridized carbons (Fsp3) is 0.308. The van der Waals surface area contributed by atoms with Crippen molar-refractivity contribution in [1.29, 1.82) is 0 Å². The highest BCUT2D eigenvalue weighted by atomic mass is 32.2. The number of carbonyl (C=O) groups is 1. The number of nitrogens with one attached hydrogen (secondary N) is 1. The number of hydrogen-bond acceptors (Lipinski definition) is 5. The van der Waals surface area contributed by atoms with Crippen molar-refractivity contribution < 1.29 is 4.79 Å². The van der Waals surface area contributed by atoms with E-state index in [0.29, 0.717) is 15.9 Å². The lowest BCUT2D eigenvalue weighted by atomic mass is 10.1. The Morgan fingerprint density at radius 3 is 2.84 bits per heavy atom. The Kier molecular flexibility index (Phi) is 4.55. The fourth-order valence-corrected chi connectivity index (χ4v) is 3.44. The minimum absolute atomic E-state index is 0.152. The summed E-state index contributed by atoms with van der Waals surface area (Å²) in [5, 5.41) is 11.8. The highest BCUT2D eigenvalue weighted by Crippen LogP contribution is 2.28. The van der Waals surface area contributed by atoms with Gasteiger partial charge in [-0.15, -0.1) is 10.2 Å². The number of nitrogens with zero attached hydrogens (tertiary/aromatic N) is 2. The minimum atomic E-state index is -0.152. The van der Waals surface area contributed by atoms with Gasteiger partial charge in [0, 0.05) is 10.8 Å². The molecule has 0 fully saturated rings. The van der Waals surface area contributed by atoms with Gasteiger partial charge in [-0.05, 0) is 19.1 Å². The normalized spacial score (nSPS) is 10.7. The van der Waals surface area contributed by atoms with E-state index in [1.807, 2.05) is 25.1 Å². The van der Waals surface area contributed by atoms with Crippen LogP contribution in [0.5, 0.6) is 0 Å². The number of benzene rings is 1. The summed E-state index contributed by atoms with van der Waals surface area (Å²) < 4.78 is 0.870. The second-order valence-corrected chi connectivity index (χ2v) is 7.16. The number of hydrogen-bond donors (Lipinski definition) is 1. The van der Waals surface area contributed by atoms with Gasteiger partial charge in [0.2, 0.25) is 5.13 Å². The van der Waals surface area contributed by atoms with Crippen LogP contribution < -0.4 is 5.32 Å². The van der Waals surface area contributed by atoms with Crippen LogP contribution in [0.15, 0.2) is 28.6 Å². The second-order valence-electron chi connectivity index (χ2n) is 4.36. The van der Waals surface area contributed by atoms with Crippen LogP contribution in [-0.4, -0.2) is 21.4 Å².